The number of aryl methyl sites for hydroxylation is 2. The molecular formula is C57H61F3N10O5S. The number of nitrogens with zero attached hydrogens (tertiary/aromatic N) is 7. The van der Waals surface area contributed by atoms with Crippen LogP contribution in [0.2, 0.25) is 0 Å². The summed E-state index contributed by atoms with van der Waals surface area (Å²) in [4.78, 5) is 69.0. The predicted octanol–water partition coefficient (Wildman–Crippen LogP) is 7.85. The van der Waals surface area contributed by atoms with E-state index >= 15 is 0 Å². The number of carbonyl (C=O) groups is 4. The highest BCUT2D eigenvalue weighted by molar-refractivity contribution is 7.13. The zero-order valence-corrected chi connectivity index (χ0v) is 43.9. The number of piperazine rings is 1. The van der Waals surface area contributed by atoms with Gasteiger partial charge in [0.05, 0.1) is 51.8 Å². The minimum Gasteiger partial charge on any atom is -0.393 e. The Bertz CT molecular complexity index is 3310. The smallest absolute Gasteiger partial charge is 0.393 e. The van der Waals surface area contributed by atoms with E-state index in [0.717, 1.165) is 76.6 Å². The first-order valence-electron chi connectivity index (χ1n) is 25.4. The first-order valence-corrected chi connectivity index (χ1v) is 26.3. The standard InChI is InChI=1S/C57H61F3N10O5S/c1-35-51(76-34-64-35)38-13-10-37(11-14-38)32-63-55(75)45-30-42(71)29-44(45)50(73)52(56(2,3)4)65-49(72)9-7-23-68-24-26-69(27-25-68)48-21-12-36(31-62-48)8-6-22-61-54(74)39-15-20-47-43(28-39)46-33-67(5)66-53(46)70(47)41-18-16-40(17-19-41)57(58,59)60/h10-21,28,31,33-34,42,44-45,52,71H,7,9,22-27,29-30,32H2,1-5H3,(H,61,74)(H,63,75)(H,65,72)/t42-,44?,45+,52+/m0/s1. The van der Waals surface area contributed by atoms with Crippen LogP contribution in [0.25, 0.3) is 38.1 Å². The van der Waals surface area contributed by atoms with Crippen molar-refractivity contribution >= 4 is 62.6 Å². The van der Waals surface area contributed by atoms with Crippen LogP contribution in [0, 0.1) is 36.0 Å². The molecule has 76 heavy (non-hydrogen) atoms. The SMILES string of the molecule is Cc1ncsc1-c1ccc(CNC(=O)[C@@H]2C[C@@H](O)CC2C(=O)[C@@H](NC(=O)CCCN2CCN(c3ccc(C#CCNC(=O)c4ccc5c(c4)c4cn(C)nc4n5-c4ccc(C(F)(F)F)cc4)cn3)CC2)C(C)(C)C)cc1. The molecule has 0 bridgehead atoms. The van der Waals surface area contributed by atoms with Gasteiger partial charge >= 0.3 is 6.18 Å². The largest absolute Gasteiger partial charge is 0.416 e. The van der Waals surface area contributed by atoms with Gasteiger partial charge in [-0.1, -0.05) is 56.9 Å². The van der Waals surface area contributed by atoms with Crippen LogP contribution in [-0.2, 0) is 34.2 Å². The molecule has 1 saturated carbocycles. The lowest BCUT2D eigenvalue weighted by molar-refractivity contribution is -0.137. The summed E-state index contributed by atoms with van der Waals surface area (Å²) < 4.78 is 43.2. The Morgan fingerprint density at radius 3 is 2.29 bits per heavy atom. The number of ketones is 1. The summed E-state index contributed by atoms with van der Waals surface area (Å²) in [6.45, 7) is 11.8. The molecule has 5 heterocycles. The van der Waals surface area contributed by atoms with Crippen LogP contribution in [-0.4, -0.2) is 109 Å². The topological polar surface area (TPSA) is 180 Å². The molecule has 3 aromatic carbocycles. The van der Waals surface area contributed by atoms with Crippen molar-refractivity contribution in [3.05, 3.63) is 125 Å². The summed E-state index contributed by atoms with van der Waals surface area (Å²) in [7, 11) is 1.76. The van der Waals surface area contributed by atoms with Crippen LogP contribution in [0.3, 0.4) is 0 Å². The number of hydrogen-bond acceptors (Lipinski definition) is 11. The molecule has 19 heteroatoms. The monoisotopic (exact) mass is 1050 g/mol. The number of alkyl halides is 3. The molecule has 4 aromatic heterocycles. The number of pyridine rings is 1. The van der Waals surface area contributed by atoms with Crippen LogP contribution in [0.1, 0.15) is 79.2 Å². The lowest BCUT2D eigenvalue weighted by atomic mass is 9.77. The molecule has 1 aliphatic carbocycles. The number of anilines is 1. The molecular weight excluding hydrogens is 994 g/mol. The van der Waals surface area contributed by atoms with Gasteiger partial charge in [-0.2, -0.15) is 18.3 Å². The van der Waals surface area contributed by atoms with Gasteiger partial charge in [0.1, 0.15) is 5.82 Å². The number of thiazole rings is 1. The first-order chi connectivity index (χ1) is 36.3. The molecule has 4 atom stereocenters. The second-order valence-electron chi connectivity index (χ2n) is 20.8. The van der Waals surface area contributed by atoms with Crippen molar-refractivity contribution < 1.29 is 37.5 Å². The van der Waals surface area contributed by atoms with Crippen LogP contribution in [0.4, 0.5) is 19.0 Å². The number of Topliss-reactive ketones (excluding diaryl/α,β-unsaturated/α-hetero) is 1. The van der Waals surface area contributed by atoms with Gasteiger partial charge in [-0.3, -0.25) is 33.3 Å². The summed E-state index contributed by atoms with van der Waals surface area (Å²) in [6, 6.07) is 21.0. The molecule has 4 N–H and O–H groups in total. The molecule has 7 aromatic rings. The van der Waals surface area contributed by atoms with E-state index in [2.05, 4.69) is 52.7 Å². The average Bonchev–Trinajstić information content (AvgIpc) is 4.30. The summed E-state index contributed by atoms with van der Waals surface area (Å²) in [5, 5.41) is 25.6. The third-order valence-electron chi connectivity index (χ3n) is 14.3. The maximum atomic E-state index is 14.2. The quantitative estimate of drug-likeness (QED) is 0.0740. The minimum atomic E-state index is -4.46. The molecule has 1 unspecified atom stereocenters. The van der Waals surface area contributed by atoms with Gasteiger partial charge in [-0.15, -0.1) is 11.3 Å². The lowest BCUT2D eigenvalue weighted by Crippen LogP contribution is -2.52. The Labute approximate surface area is 442 Å². The normalized spacial score (nSPS) is 17.6. The number of halogens is 3. The molecule has 0 spiro atoms. The lowest BCUT2D eigenvalue weighted by Gasteiger charge is -2.35. The van der Waals surface area contributed by atoms with Crippen molar-refractivity contribution in [1.82, 2.24) is 45.2 Å². The third-order valence-corrected chi connectivity index (χ3v) is 15.3. The first kappa shape index (κ1) is 53.4. The molecule has 9 rings (SSSR count). The average molecular weight is 1060 g/mol. The Kier molecular flexibility index (Phi) is 15.8. The molecule has 396 valence electrons. The minimum absolute atomic E-state index is 0.0884. The van der Waals surface area contributed by atoms with Crippen LogP contribution in [0.15, 0.2) is 96.8 Å². The van der Waals surface area contributed by atoms with Crippen molar-refractivity contribution in [3.63, 3.8) is 0 Å². The second-order valence-corrected chi connectivity index (χ2v) is 21.6. The fourth-order valence-electron chi connectivity index (χ4n) is 10.2. The van der Waals surface area contributed by atoms with Crippen molar-refractivity contribution in [2.75, 3.05) is 44.2 Å². The van der Waals surface area contributed by atoms with E-state index in [1.165, 1.54) is 12.1 Å². The van der Waals surface area contributed by atoms with Crippen LogP contribution >= 0.6 is 11.3 Å². The van der Waals surface area contributed by atoms with E-state index in [4.69, 9.17) is 0 Å². The van der Waals surface area contributed by atoms with Crippen molar-refractivity contribution in [3.8, 4) is 28.0 Å². The summed E-state index contributed by atoms with van der Waals surface area (Å²) >= 11 is 1.58. The van der Waals surface area contributed by atoms with Crippen molar-refractivity contribution in [1.29, 1.82) is 0 Å². The van der Waals surface area contributed by atoms with Crippen molar-refractivity contribution in [2.45, 2.75) is 78.2 Å². The highest BCUT2D eigenvalue weighted by atomic mass is 32.1. The summed E-state index contributed by atoms with van der Waals surface area (Å²) in [5.41, 5.74) is 6.25. The van der Waals surface area contributed by atoms with Gasteiger partial charge in [-0.05, 0) is 104 Å². The summed E-state index contributed by atoms with van der Waals surface area (Å²) in [6.07, 6.45) is -0.533. The second kappa shape index (κ2) is 22.4. The molecule has 1 saturated heterocycles. The maximum Gasteiger partial charge on any atom is 0.416 e. The van der Waals surface area contributed by atoms with Gasteiger partial charge < -0.3 is 26.0 Å². The number of benzene rings is 3. The number of hydrogen-bond donors (Lipinski definition) is 4. The molecule has 2 aliphatic rings. The van der Waals surface area contributed by atoms with E-state index in [1.807, 2.05) is 75.8 Å². The number of carbonyl (C=O) groups excluding carboxylic acids is 4. The highest BCUT2D eigenvalue weighted by Crippen LogP contribution is 2.38. The number of aliphatic hydroxyl groups is 1. The van der Waals surface area contributed by atoms with Gasteiger partial charge in [0, 0.05) is 92.1 Å². The van der Waals surface area contributed by atoms with Crippen LogP contribution < -0.4 is 20.9 Å². The number of nitrogens with one attached hydrogen (secondary N) is 3. The molecule has 2 fully saturated rings. The Balaban J connectivity index is 0.708. The van der Waals surface area contributed by atoms with E-state index in [0.29, 0.717) is 40.9 Å². The fourth-order valence-corrected chi connectivity index (χ4v) is 11.0. The molecule has 1 aliphatic heterocycles. The van der Waals surface area contributed by atoms with Crippen LogP contribution in [0.5, 0.6) is 0 Å². The highest BCUT2D eigenvalue weighted by Gasteiger charge is 2.47. The van der Waals surface area contributed by atoms with Gasteiger partial charge in [0.2, 0.25) is 11.8 Å². The number of aliphatic hydroxyl groups excluding tert-OH is 1. The van der Waals surface area contributed by atoms with Crippen molar-refractivity contribution in [2.24, 2.45) is 24.3 Å². The van der Waals surface area contributed by atoms with E-state index in [9.17, 15) is 37.5 Å². The van der Waals surface area contributed by atoms with E-state index in [-0.39, 0.29) is 55.9 Å². The third kappa shape index (κ3) is 12.1. The molecule has 0 radical (unpaired) electrons. The Morgan fingerprint density at radius 1 is 0.882 bits per heavy atom. The van der Waals surface area contributed by atoms with Gasteiger partial charge in [0.15, 0.2) is 11.4 Å². The Morgan fingerprint density at radius 2 is 1.62 bits per heavy atom. The van der Waals surface area contributed by atoms with Gasteiger partial charge in [-0.25, -0.2) is 9.97 Å². The zero-order chi connectivity index (χ0) is 53.9. The van der Waals surface area contributed by atoms with E-state index < -0.39 is 41.1 Å². The van der Waals surface area contributed by atoms with Gasteiger partial charge in [0.25, 0.3) is 5.91 Å². The fraction of sp³-hybridized carbons (Fsp3) is 0.386. The number of aromatic nitrogens is 5. The predicted molar refractivity (Wildman–Crippen MR) is 287 cm³/mol. The number of rotatable bonds is 15. The number of amides is 3. The zero-order valence-electron chi connectivity index (χ0n) is 43.1. The summed E-state index contributed by atoms with van der Waals surface area (Å²) in [5.74, 6) is 4.38. The number of fused-ring (bicyclic) bond motifs is 3. The Hall–Kier alpha value is -7.40. The molecule has 15 nitrogen and oxygen atoms in total. The maximum absolute atomic E-state index is 14.2. The van der Waals surface area contributed by atoms with E-state index in [1.54, 1.807) is 52.0 Å². The molecule has 3 amide bonds.